The molecular weight excluding hydrogens is 417 g/mol. The van der Waals surface area contributed by atoms with Gasteiger partial charge in [-0.1, -0.05) is 36.4 Å². The van der Waals surface area contributed by atoms with Gasteiger partial charge in [-0.2, -0.15) is 0 Å². The Morgan fingerprint density at radius 2 is 1.79 bits per heavy atom. The van der Waals surface area contributed by atoms with Crippen LogP contribution in [-0.2, 0) is 6.54 Å². The molecule has 0 N–H and O–H groups in total. The van der Waals surface area contributed by atoms with Crippen LogP contribution in [0.2, 0.25) is 0 Å². The molecule has 1 amide bonds. The molecule has 0 aliphatic rings. The van der Waals surface area contributed by atoms with Crippen molar-refractivity contribution in [3.63, 3.8) is 0 Å². The van der Waals surface area contributed by atoms with Gasteiger partial charge in [-0.25, -0.2) is 0 Å². The second kappa shape index (κ2) is 8.73. The first kappa shape index (κ1) is 18.3. The Bertz CT molecular complexity index is 716. The van der Waals surface area contributed by atoms with E-state index < -0.39 is 0 Å². The highest BCUT2D eigenvalue weighted by atomic mass is 127. The number of carbonyl (C=O) groups excluding carboxylic acids is 1. The summed E-state index contributed by atoms with van der Waals surface area (Å²) in [5.74, 6) is 1.08. The zero-order valence-corrected chi connectivity index (χ0v) is 15.9. The van der Waals surface area contributed by atoms with Gasteiger partial charge in [0.1, 0.15) is 0 Å². The molecule has 0 aliphatic carbocycles. The van der Waals surface area contributed by atoms with Crippen molar-refractivity contribution >= 4 is 28.5 Å². The molecular formula is C19H20INO3. The van der Waals surface area contributed by atoms with E-state index in [1.165, 1.54) is 0 Å². The number of halogens is 1. The largest absolute Gasteiger partial charge is 0.493 e. The third-order valence-electron chi connectivity index (χ3n) is 3.56. The molecule has 0 heterocycles. The Morgan fingerprint density at radius 3 is 2.38 bits per heavy atom. The molecule has 0 aliphatic heterocycles. The molecule has 5 heteroatoms. The molecule has 0 saturated heterocycles. The summed E-state index contributed by atoms with van der Waals surface area (Å²) in [7, 11) is 3.14. The van der Waals surface area contributed by atoms with E-state index in [-0.39, 0.29) is 5.91 Å². The van der Waals surface area contributed by atoms with Crippen molar-refractivity contribution in [3.8, 4) is 11.5 Å². The zero-order valence-electron chi connectivity index (χ0n) is 13.8. The van der Waals surface area contributed by atoms with E-state index in [0.717, 1.165) is 9.13 Å². The first-order valence-electron chi connectivity index (χ1n) is 7.46. The lowest BCUT2D eigenvalue weighted by Gasteiger charge is -2.22. The lowest BCUT2D eigenvalue weighted by atomic mass is 10.1. The van der Waals surface area contributed by atoms with E-state index >= 15 is 0 Å². The predicted molar refractivity (Wildman–Crippen MR) is 104 cm³/mol. The minimum Gasteiger partial charge on any atom is -0.493 e. The summed E-state index contributed by atoms with van der Waals surface area (Å²) in [4.78, 5) is 14.8. The maximum Gasteiger partial charge on any atom is 0.255 e. The number of benzene rings is 2. The van der Waals surface area contributed by atoms with Gasteiger partial charge in [-0.15, -0.1) is 6.58 Å². The van der Waals surface area contributed by atoms with Crippen LogP contribution >= 0.6 is 22.6 Å². The SMILES string of the molecule is C=CCN(Cc1ccccc1)C(=O)c1cc(OC)c(OC)cc1I. The quantitative estimate of drug-likeness (QED) is 0.483. The third-order valence-corrected chi connectivity index (χ3v) is 4.45. The number of rotatable bonds is 7. The number of hydrogen-bond acceptors (Lipinski definition) is 3. The molecule has 0 atom stereocenters. The summed E-state index contributed by atoms with van der Waals surface area (Å²) in [6, 6.07) is 13.4. The Morgan fingerprint density at radius 1 is 1.17 bits per heavy atom. The molecule has 126 valence electrons. The highest BCUT2D eigenvalue weighted by Crippen LogP contribution is 2.32. The number of ether oxygens (including phenoxy) is 2. The third kappa shape index (κ3) is 4.29. The Kier molecular flexibility index (Phi) is 6.66. The number of amides is 1. The normalized spacial score (nSPS) is 10.1. The molecule has 0 spiro atoms. The molecule has 0 radical (unpaired) electrons. The first-order chi connectivity index (χ1) is 11.6. The summed E-state index contributed by atoms with van der Waals surface area (Å²) in [5.41, 5.74) is 1.66. The van der Waals surface area contributed by atoms with Crippen molar-refractivity contribution in [2.75, 3.05) is 20.8 Å². The van der Waals surface area contributed by atoms with Gasteiger partial charge in [-0.05, 0) is 40.3 Å². The Labute approximate surface area is 156 Å². The van der Waals surface area contributed by atoms with Gasteiger partial charge in [-0.3, -0.25) is 4.79 Å². The van der Waals surface area contributed by atoms with Crippen LogP contribution in [0.25, 0.3) is 0 Å². The van der Waals surface area contributed by atoms with Crippen molar-refractivity contribution in [2.45, 2.75) is 6.54 Å². The van der Waals surface area contributed by atoms with Gasteiger partial charge in [0.05, 0.1) is 19.8 Å². The average Bonchev–Trinajstić information content (AvgIpc) is 2.61. The number of methoxy groups -OCH3 is 2. The molecule has 0 saturated carbocycles. The van der Waals surface area contributed by atoms with Crippen LogP contribution in [0.3, 0.4) is 0 Å². The maximum atomic E-state index is 13.0. The van der Waals surface area contributed by atoms with Crippen molar-refractivity contribution in [3.05, 3.63) is 69.8 Å². The highest BCUT2D eigenvalue weighted by Gasteiger charge is 2.20. The summed E-state index contributed by atoms with van der Waals surface area (Å²) < 4.78 is 11.4. The average molecular weight is 437 g/mol. The van der Waals surface area contributed by atoms with Crippen molar-refractivity contribution < 1.29 is 14.3 Å². The fourth-order valence-electron chi connectivity index (χ4n) is 2.37. The molecule has 4 nitrogen and oxygen atoms in total. The first-order valence-corrected chi connectivity index (χ1v) is 8.54. The van der Waals surface area contributed by atoms with E-state index in [4.69, 9.17) is 9.47 Å². The summed E-state index contributed by atoms with van der Waals surface area (Å²) in [6.45, 7) is 4.76. The lowest BCUT2D eigenvalue weighted by Crippen LogP contribution is -2.31. The summed E-state index contributed by atoms with van der Waals surface area (Å²) in [5, 5.41) is 0. The van der Waals surface area contributed by atoms with Gasteiger partial charge in [0, 0.05) is 16.7 Å². The number of carbonyl (C=O) groups is 1. The van der Waals surface area contributed by atoms with Crippen LogP contribution in [-0.4, -0.2) is 31.6 Å². The minimum atomic E-state index is -0.0656. The van der Waals surface area contributed by atoms with Crippen LogP contribution in [0.15, 0.2) is 55.1 Å². The van der Waals surface area contributed by atoms with E-state index in [1.54, 1.807) is 37.3 Å². The van der Waals surface area contributed by atoms with E-state index in [2.05, 4.69) is 29.2 Å². The van der Waals surface area contributed by atoms with Crippen molar-refractivity contribution in [1.29, 1.82) is 0 Å². The molecule has 0 unspecified atom stereocenters. The number of hydrogen-bond donors (Lipinski definition) is 0. The van der Waals surface area contributed by atoms with Gasteiger partial charge >= 0.3 is 0 Å². The lowest BCUT2D eigenvalue weighted by molar-refractivity contribution is 0.0761. The Balaban J connectivity index is 2.34. The standard InChI is InChI=1S/C19H20INO3/c1-4-10-21(13-14-8-6-5-7-9-14)19(22)15-11-17(23-2)18(24-3)12-16(15)20/h4-9,11-12H,1,10,13H2,2-3H3. The Hall–Kier alpha value is -2.02. The smallest absolute Gasteiger partial charge is 0.255 e. The van der Waals surface area contributed by atoms with E-state index in [9.17, 15) is 4.79 Å². The molecule has 0 fully saturated rings. The minimum absolute atomic E-state index is 0.0656. The van der Waals surface area contributed by atoms with E-state index in [0.29, 0.717) is 30.2 Å². The van der Waals surface area contributed by atoms with Crippen LogP contribution in [0.5, 0.6) is 11.5 Å². The second-order valence-electron chi connectivity index (χ2n) is 5.15. The molecule has 2 aromatic rings. The molecule has 2 rings (SSSR count). The zero-order chi connectivity index (χ0) is 17.5. The molecule has 0 aromatic heterocycles. The molecule has 24 heavy (non-hydrogen) atoms. The fraction of sp³-hybridized carbons (Fsp3) is 0.211. The maximum absolute atomic E-state index is 13.0. The predicted octanol–water partition coefficient (Wildman–Crippen LogP) is 4.14. The van der Waals surface area contributed by atoms with Gasteiger partial charge in [0.15, 0.2) is 11.5 Å². The fourth-order valence-corrected chi connectivity index (χ4v) is 3.04. The highest BCUT2D eigenvalue weighted by molar-refractivity contribution is 14.1. The van der Waals surface area contributed by atoms with Crippen LogP contribution < -0.4 is 9.47 Å². The van der Waals surface area contributed by atoms with Gasteiger partial charge in [0.2, 0.25) is 0 Å². The van der Waals surface area contributed by atoms with Crippen molar-refractivity contribution in [1.82, 2.24) is 4.90 Å². The summed E-state index contributed by atoms with van der Waals surface area (Å²) in [6.07, 6.45) is 1.73. The van der Waals surface area contributed by atoms with Gasteiger partial charge in [0.25, 0.3) is 5.91 Å². The van der Waals surface area contributed by atoms with Crippen LogP contribution in [0.1, 0.15) is 15.9 Å². The molecule has 2 aromatic carbocycles. The van der Waals surface area contributed by atoms with Crippen LogP contribution in [0, 0.1) is 3.57 Å². The second-order valence-corrected chi connectivity index (χ2v) is 6.31. The number of nitrogens with zero attached hydrogens (tertiary/aromatic N) is 1. The topological polar surface area (TPSA) is 38.8 Å². The van der Waals surface area contributed by atoms with Gasteiger partial charge < -0.3 is 14.4 Å². The van der Waals surface area contributed by atoms with E-state index in [1.807, 2.05) is 30.3 Å². The molecule has 0 bridgehead atoms. The monoisotopic (exact) mass is 437 g/mol. The van der Waals surface area contributed by atoms with Crippen LogP contribution in [0.4, 0.5) is 0 Å². The summed E-state index contributed by atoms with van der Waals surface area (Å²) >= 11 is 2.14. The van der Waals surface area contributed by atoms with Crippen molar-refractivity contribution in [2.24, 2.45) is 0 Å².